The molecule has 0 N–H and O–H groups in total. The molecule has 0 saturated heterocycles. The van der Waals surface area contributed by atoms with Crippen molar-refractivity contribution in [2.24, 2.45) is 0 Å². The van der Waals surface area contributed by atoms with Gasteiger partial charge in [-0.3, -0.25) is 4.79 Å². The van der Waals surface area contributed by atoms with Crippen molar-refractivity contribution in [3.8, 4) is 5.69 Å². The molecule has 140 valence electrons. The summed E-state index contributed by atoms with van der Waals surface area (Å²) in [5.41, 5.74) is 1.02. The lowest BCUT2D eigenvalue weighted by Gasteiger charge is -2.30. The number of amides is 1. The fraction of sp³-hybridized carbons (Fsp3) is 0.471. The van der Waals surface area contributed by atoms with Crippen molar-refractivity contribution in [1.29, 1.82) is 0 Å². The summed E-state index contributed by atoms with van der Waals surface area (Å²) in [7, 11) is 1.33. The summed E-state index contributed by atoms with van der Waals surface area (Å²) < 4.78 is 6.23. The SMILES string of the molecule is COC(=O)c1cccc(-n2nnnc2SCC(=O)N(C(C)C)C(C)C)c1. The number of tetrazole rings is 1. The van der Waals surface area contributed by atoms with E-state index < -0.39 is 5.97 Å². The average molecular weight is 377 g/mol. The van der Waals surface area contributed by atoms with E-state index in [2.05, 4.69) is 15.5 Å². The van der Waals surface area contributed by atoms with Crippen LogP contribution in [0.15, 0.2) is 29.4 Å². The van der Waals surface area contributed by atoms with Gasteiger partial charge >= 0.3 is 5.97 Å². The van der Waals surface area contributed by atoms with Crippen molar-refractivity contribution in [1.82, 2.24) is 25.1 Å². The van der Waals surface area contributed by atoms with Gasteiger partial charge in [-0.25, -0.2) is 4.79 Å². The number of benzene rings is 1. The number of aromatic nitrogens is 4. The zero-order valence-corrected chi connectivity index (χ0v) is 16.4. The van der Waals surface area contributed by atoms with Crippen LogP contribution in [0.2, 0.25) is 0 Å². The number of carbonyl (C=O) groups excluding carboxylic acids is 2. The Labute approximate surface area is 156 Å². The molecule has 0 bridgehead atoms. The molecule has 1 heterocycles. The van der Waals surface area contributed by atoms with Crippen molar-refractivity contribution < 1.29 is 14.3 Å². The van der Waals surface area contributed by atoms with E-state index in [-0.39, 0.29) is 23.7 Å². The maximum atomic E-state index is 12.5. The minimum Gasteiger partial charge on any atom is -0.465 e. The maximum Gasteiger partial charge on any atom is 0.337 e. The van der Waals surface area contributed by atoms with Gasteiger partial charge in [0.25, 0.3) is 0 Å². The molecule has 1 aromatic carbocycles. The van der Waals surface area contributed by atoms with Crippen LogP contribution >= 0.6 is 11.8 Å². The lowest BCUT2D eigenvalue weighted by molar-refractivity contribution is -0.131. The van der Waals surface area contributed by atoms with Gasteiger partial charge < -0.3 is 9.64 Å². The van der Waals surface area contributed by atoms with Gasteiger partial charge in [-0.2, -0.15) is 4.68 Å². The van der Waals surface area contributed by atoms with Crippen molar-refractivity contribution >= 4 is 23.6 Å². The number of methoxy groups -OCH3 is 1. The molecule has 26 heavy (non-hydrogen) atoms. The summed E-state index contributed by atoms with van der Waals surface area (Å²) in [4.78, 5) is 26.0. The molecule has 8 nitrogen and oxygen atoms in total. The maximum absolute atomic E-state index is 12.5. The smallest absolute Gasteiger partial charge is 0.337 e. The van der Waals surface area contributed by atoms with E-state index in [0.717, 1.165) is 0 Å². The van der Waals surface area contributed by atoms with Crippen LogP contribution in [0.1, 0.15) is 38.1 Å². The Morgan fingerprint density at radius 3 is 2.54 bits per heavy atom. The van der Waals surface area contributed by atoms with Crippen LogP contribution in [-0.4, -0.2) is 61.9 Å². The molecular weight excluding hydrogens is 354 g/mol. The molecule has 1 amide bonds. The molecule has 0 aliphatic carbocycles. The summed E-state index contributed by atoms with van der Waals surface area (Å²) in [6.45, 7) is 7.96. The van der Waals surface area contributed by atoms with Gasteiger partial charge in [0.15, 0.2) is 0 Å². The largest absolute Gasteiger partial charge is 0.465 e. The monoisotopic (exact) mass is 377 g/mol. The van der Waals surface area contributed by atoms with Gasteiger partial charge in [0.1, 0.15) is 0 Å². The van der Waals surface area contributed by atoms with Crippen LogP contribution in [0.4, 0.5) is 0 Å². The first-order valence-corrected chi connectivity index (χ1v) is 9.24. The summed E-state index contributed by atoms with van der Waals surface area (Å²) in [6.07, 6.45) is 0. The summed E-state index contributed by atoms with van der Waals surface area (Å²) in [6, 6.07) is 7.04. The van der Waals surface area contributed by atoms with E-state index in [0.29, 0.717) is 16.4 Å². The first kappa shape index (κ1) is 19.9. The zero-order valence-electron chi connectivity index (χ0n) is 15.5. The Balaban J connectivity index is 2.16. The van der Waals surface area contributed by atoms with Crippen molar-refractivity contribution in [2.75, 3.05) is 12.9 Å². The normalized spacial score (nSPS) is 11.0. The quantitative estimate of drug-likeness (QED) is 0.539. The molecular formula is C17H23N5O3S. The average Bonchev–Trinajstić information content (AvgIpc) is 3.07. The number of esters is 1. The molecule has 0 atom stereocenters. The lowest BCUT2D eigenvalue weighted by Crippen LogP contribution is -2.43. The van der Waals surface area contributed by atoms with Crippen molar-refractivity contribution in [3.63, 3.8) is 0 Å². The third kappa shape index (κ3) is 4.60. The van der Waals surface area contributed by atoms with Gasteiger partial charge in [-0.15, -0.1) is 5.10 Å². The highest BCUT2D eigenvalue weighted by atomic mass is 32.2. The second kappa shape index (κ2) is 8.79. The van der Waals surface area contributed by atoms with Crippen LogP contribution in [-0.2, 0) is 9.53 Å². The van der Waals surface area contributed by atoms with Crippen molar-refractivity contribution in [3.05, 3.63) is 29.8 Å². The summed E-state index contributed by atoms with van der Waals surface area (Å²) >= 11 is 1.26. The number of hydrogen-bond donors (Lipinski definition) is 0. The second-order valence-corrected chi connectivity index (χ2v) is 7.13. The van der Waals surface area contributed by atoms with Crippen LogP contribution in [0, 0.1) is 0 Å². The van der Waals surface area contributed by atoms with Crippen LogP contribution < -0.4 is 0 Å². The highest BCUT2D eigenvalue weighted by molar-refractivity contribution is 7.99. The predicted octanol–water partition coefficient (Wildman–Crippen LogP) is 2.19. The van der Waals surface area contributed by atoms with E-state index in [1.165, 1.54) is 23.6 Å². The highest BCUT2D eigenvalue weighted by Crippen LogP contribution is 2.20. The van der Waals surface area contributed by atoms with E-state index in [9.17, 15) is 9.59 Å². The van der Waals surface area contributed by atoms with E-state index in [1.807, 2.05) is 32.6 Å². The van der Waals surface area contributed by atoms with Crippen LogP contribution in [0.3, 0.4) is 0 Å². The van der Waals surface area contributed by atoms with Gasteiger partial charge in [0.2, 0.25) is 11.1 Å². The van der Waals surface area contributed by atoms with Crippen molar-refractivity contribution in [2.45, 2.75) is 44.9 Å². The number of nitrogens with zero attached hydrogens (tertiary/aromatic N) is 5. The number of rotatable bonds is 7. The highest BCUT2D eigenvalue weighted by Gasteiger charge is 2.21. The Hall–Kier alpha value is -2.42. The molecule has 0 unspecified atom stereocenters. The van der Waals surface area contributed by atoms with E-state index >= 15 is 0 Å². The Morgan fingerprint density at radius 2 is 1.92 bits per heavy atom. The Morgan fingerprint density at radius 1 is 1.23 bits per heavy atom. The summed E-state index contributed by atoms with van der Waals surface area (Å²) in [5, 5.41) is 12.1. The predicted molar refractivity (Wildman–Crippen MR) is 98.3 cm³/mol. The standard InChI is InChI=1S/C17H23N5O3S/c1-11(2)21(12(3)4)15(23)10-26-17-18-19-20-22(17)14-8-6-7-13(9-14)16(24)25-5/h6-9,11-12H,10H2,1-5H3. The summed E-state index contributed by atoms with van der Waals surface area (Å²) in [5.74, 6) is -0.181. The molecule has 0 radical (unpaired) electrons. The van der Waals surface area contributed by atoms with Gasteiger partial charge in [0, 0.05) is 12.1 Å². The van der Waals surface area contributed by atoms with E-state index in [1.54, 1.807) is 24.3 Å². The third-order valence-electron chi connectivity index (χ3n) is 3.68. The first-order chi connectivity index (χ1) is 12.3. The molecule has 2 aromatic rings. The molecule has 0 aliphatic heterocycles. The minimum absolute atomic E-state index is 0.0258. The molecule has 0 spiro atoms. The number of thioether (sulfide) groups is 1. The van der Waals surface area contributed by atoms with Gasteiger partial charge in [0.05, 0.1) is 24.1 Å². The van der Waals surface area contributed by atoms with E-state index in [4.69, 9.17) is 4.74 Å². The van der Waals surface area contributed by atoms with Crippen LogP contribution in [0.5, 0.6) is 0 Å². The molecule has 9 heteroatoms. The minimum atomic E-state index is -0.436. The molecule has 2 rings (SSSR count). The number of hydrogen-bond acceptors (Lipinski definition) is 7. The fourth-order valence-corrected chi connectivity index (χ4v) is 3.45. The zero-order chi connectivity index (χ0) is 19.3. The fourth-order valence-electron chi connectivity index (χ4n) is 2.69. The Bertz CT molecular complexity index is 767. The van der Waals surface area contributed by atoms with Crippen LogP contribution in [0.25, 0.3) is 5.69 Å². The lowest BCUT2D eigenvalue weighted by atomic mass is 10.2. The Kier molecular flexibility index (Phi) is 6.73. The third-order valence-corrected chi connectivity index (χ3v) is 4.58. The molecule has 0 saturated carbocycles. The number of carbonyl (C=O) groups is 2. The topological polar surface area (TPSA) is 90.2 Å². The first-order valence-electron chi connectivity index (χ1n) is 8.26. The molecule has 1 aromatic heterocycles. The second-order valence-electron chi connectivity index (χ2n) is 6.19. The molecule has 0 fully saturated rings. The number of ether oxygens (including phenoxy) is 1. The van der Waals surface area contributed by atoms with Gasteiger partial charge in [-0.05, 0) is 56.3 Å². The molecule has 0 aliphatic rings. The van der Waals surface area contributed by atoms with Gasteiger partial charge in [-0.1, -0.05) is 17.8 Å².